The first-order valence-corrected chi connectivity index (χ1v) is 9.38. The summed E-state index contributed by atoms with van der Waals surface area (Å²) in [6, 6.07) is 0. The Kier molecular flexibility index (Phi) is 3.46. The van der Waals surface area contributed by atoms with Gasteiger partial charge < -0.3 is 15.3 Å². The van der Waals surface area contributed by atoms with Gasteiger partial charge in [-0.1, -0.05) is 26.0 Å². The second kappa shape index (κ2) is 5.08. The topological polar surface area (TPSA) is 77.8 Å². The van der Waals surface area contributed by atoms with Gasteiger partial charge in [-0.2, -0.15) is 0 Å². The van der Waals surface area contributed by atoms with Gasteiger partial charge in [-0.05, 0) is 62.5 Å². The molecule has 7 atom stereocenters. The number of aliphatic hydroxyl groups excluding tert-OH is 2. The molecule has 4 rings (SSSR count). The van der Waals surface area contributed by atoms with Gasteiger partial charge in [0.15, 0.2) is 5.78 Å². The zero-order chi connectivity index (χ0) is 18.2. The summed E-state index contributed by atoms with van der Waals surface area (Å²) in [4.78, 5) is 12.2. The van der Waals surface area contributed by atoms with E-state index < -0.39 is 17.1 Å². The number of fused-ring (bicyclic) bond motifs is 5. The SMILES string of the molecule is CC(=O)[C@@]1(O)CC[C@H]2[C@@H]3C=C(O)C4=CC(O)C=C[C@]4(C)[C@H]3CC[C@@]21C. The Bertz CT molecular complexity index is 719. The first kappa shape index (κ1) is 17.0. The van der Waals surface area contributed by atoms with Crippen molar-refractivity contribution in [3.8, 4) is 0 Å². The van der Waals surface area contributed by atoms with E-state index in [1.165, 1.54) is 6.92 Å². The minimum absolute atomic E-state index is 0.132. The van der Waals surface area contributed by atoms with Crippen molar-refractivity contribution in [2.45, 2.75) is 58.2 Å². The van der Waals surface area contributed by atoms with Crippen LogP contribution in [0.5, 0.6) is 0 Å². The van der Waals surface area contributed by atoms with Gasteiger partial charge in [0.2, 0.25) is 0 Å². The zero-order valence-electron chi connectivity index (χ0n) is 15.2. The van der Waals surface area contributed by atoms with Gasteiger partial charge in [-0.15, -0.1) is 0 Å². The quantitative estimate of drug-likeness (QED) is 0.639. The summed E-state index contributed by atoms with van der Waals surface area (Å²) in [5.74, 6) is 0.739. The molecule has 0 aliphatic heterocycles. The Hall–Kier alpha value is -1.39. The molecule has 0 aromatic rings. The normalized spacial score (nSPS) is 51.1. The average molecular weight is 344 g/mol. The maximum atomic E-state index is 12.2. The second-order valence-electron chi connectivity index (χ2n) is 8.97. The van der Waals surface area contributed by atoms with Crippen molar-refractivity contribution in [2.75, 3.05) is 0 Å². The Labute approximate surface area is 148 Å². The molecule has 0 heterocycles. The molecule has 4 aliphatic rings. The van der Waals surface area contributed by atoms with E-state index in [1.807, 2.05) is 12.2 Å². The van der Waals surface area contributed by atoms with Crippen molar-refractivity contribution in [3.05, 3.63) is 35.6 Å². The Balaban J connectivity index is 1.80. The van der Waals surface area contributed by atoms with Gasteiger partial charge in [-0.25, -0.2) is 0 Å². The fraction of sp³-hybridized carbons (Fsp3) is 0.667. The third-order valence-corrected chi connectivity index (χ3v) is 8.02. The third-order valence-electron chi connectivity index (χ3n) is 8.02. The van der Waals surface area contributed by atoms with E-state index in [1.54, 1.807) is 12.2 Å². The second-order valence-corrected chi connectivity index (χ2v) is 8.97. The van der Waals surface area contributed by atoms with E-state index in [-0.39, 0.29) is 28.8 Å². The summed E-state index contributed by atoms with van der Waals surface area (Å²) in [6.07, 6.45) is 9.88. The van der Waals surface area contributed by atoms with Gasteiger partial charge in [0.25, 0.3) is 0 Å². The molecule has 3 N–H and O–H groups in total. The van der Waals surface area contributed by atoms with Crippen molar-refractivity contribution in [3.63, 3.8) is 0 Å². The van der Waals surface area contributed by atoms with E-state index in [2.05, 4.69) is 13.8 Å². The van der Waals surface area contributed by atoms with Crippen molar-refractivity contribution in [1.29, 1.82) is 0 Å². The number of hydrogen-bond donors (Lipinski definition) is 3. The van der Waals surface area contributed by atoms with Crippen LogP contribution < -0.4 is 0 Å². The van der Waals surface area contributed by atoms with Gasteiger partial charge in [0.05, 0.1) is 6.10 Å². The minimum atomic E-state index is -1.25. The van der Waals surface area contributed by atoms with E-state index in [9.17, 15) is 20.1 Å². The van der Waals surface area contributed by atoms with Crippen LogP contribution in [-0.2, 0) is 4.79 Å². The number of ketones is 1. The van der Waals surface area contributed by atoms with E-state index in [0.29, 0.717) is 12.3 Å². The lowest BCUT2D eigenvalue weighted by molar-refractivity contribution is -0.156. The summed E-state index contributed by atoms with van der Waals surface area (Å²) in [5.41, 5.74) is -1.18. The van der Waals surface area contributed by atoms with E-state index in [0.717, 1.165) is 24.8 Å². The molecule has 4 aliphatic carbocycles. The highest BCUT2D eigenvalue weighted by Gasteiger charge is 2.65. The van der Waals surface area contributed by atoms with Gasteiger partial charge in [0.1, 0.15) is 11.4 Å². The fourth-order valence-corrected chi connectivity index (χ4v) is 6.47. The van der Waals surface area contributed by atoms with Crippen molar-refractivity contribution in [2.24, 2.45) is 28.6 Å². The largest absolute Gasteiger partial charge is 0.508 e. The molecule has 0 amide bonds. The minimum Gasteiger partial charge on any atom is -0.508 e. The molecule has 0 radical (unpaired) electrons. The molecule has 0 bridgehead atoms. The standard InChI is InChI=1S/C21H28O4/c1-12(22)21(25)9-6-16-14-11-18(24)17-10-13(23)4-7-19(17,2)15(14)5-8-20(16,21)3/h4,7,10-11,13-16,23-25H,5-6,8-9H2,1-3H3/t13?,14-,15+,16+,19-,20+,21+/m1/s1. The number of carbonyl (C=O) groups is 1. The molecule has 2 fully saturated rings. The molecule has 0 aromatic heterocycles. The molecule has 0 saturated heterocycles. The van der Waals surface area contributed by atoms with Gasteiger partial charge in [0, 0.05) is 16.4 Å². The maximum Gasteiger partial charge on any atom is 0.161 e. The highest BCUT2D eigenvalue weighted by Crippen LogP contribution is 2.66. The Morgan fingerprint density at radius 2 is 1.84 bits per heavy atom. The van der Waals surface area contributed by atoms with Crippen LogP contribution in [-0.4, -0.2) is 32.8 Å². The lowest BCUT2D eigenvalue weighted by Gasteiger charge is -2.56. The van der Waals surface area contributed by atoms with Crippen molar-refractivity contribution >= 4 is 5.78 Å². The summed E-state index contributed by atoms with van der Waals surface area (Å²) >= 11 is 0. The first-order chi connectivity index (χ1) is 11.6. The molecule has 1 unspecified atom stereocenters. The van der Waals surface area contributed by atoms with Crippen molar-refractivity contribution < 1.29 is 20.1 Å². The Morgan fingerprint density at radius 3 is 2.52 bits per heavy atom. The molecular weight excluding hydrogens is 316 g/mol. The van der Waals surface area contributed by atoms with Crippen LogP contribution >= 0.6 is 0 Å². The summed E-state index contributed by atoms with van der Waals surface area (Å²) in [6.45, 7) is 5.69. The van der Waals surface area contributed by atoms with Crippen LogP contribution in [0.25, 0.3) is 0 Å². The van der Waals surface area contributed by atoms with Crippen LogP contribution in [0.2, 0.25) is 0 Å². The van der Waals surface area contributed by atoms with E-state index >= 15 is 0 Å². The van der Waals surface area contributed by atoms with Crippen LogP contribution in [0.15, 0.2) is 35.6 Å². The number of rotatable bonds is 1. The summed E-state index contributed by atoms with van der Waals surface area (Å²) in [5, 5.41) is 31.7. The molecule has 4 heteroatoms. The lowest BCUT2D eigenvalue weighted by Crippen LogP contribution is -2.56. The summed E-state index contributed by atoms with van der Waals surface area (Å²) < 4.78 is 0. The molecule has 0 aromatic carbocycles. The van der Waals surface area contributed by atoms with Crippen LogP contribution in [0.1, 0.15) is 46.5 Å². The monoisotopic (exact) mass is 344 g/mol. The lowest BCUT2D eigenvalue weighted by atomic mass is 9.48. The molecule has 4 nitrogen and oxygen atoms in total. The smallest absolute Gasteiger partial charge is 0.161 e. The molecule has 25 heavy (non-hydrogen) atoms. The van der Waals surface area contributed by atoms with Crippen LogP contribution in [0.3, 0.4) is 0 Å². The predicted molar refractivity (Wildman–Crippen MR) is 94.7 cm³/mol. The van der Waals surface area contributed by atoms with E-state index in [4.69, 9.17) is 0 Å². The summed E-state index contributed by atoms with van der Waals surface area (Å²) in [7, 11) is 0. The molecule has 136 valence electrons. The highest BCUT2D eigenvalue weighted by molar-refractivity contribution is 5.86. The molecule has 2 saturated carbocycles. The third kappa shape index (κ3) is 1.98. The van der Waals surface area contributed by atoms with Gasteiger partial charge >= 0.3 is 0 Å². The highest BCUT2D eigenvalue weighted by atomic mass is 16.3. The predicted octanol–water partition coefficient (Wildman–Crippen LogP) is 3.07. The number of allylic oxidation sites excluding steroid dienone is 3. The number of Topliss-reactive ketones (excluding diaryl/α,β-unsaturated/α-hetero) is 1. The number of hydrogen-bond acceptors (Lipinski definition) is 4. The van der Waals surface area contributed by atoms with Crippen molar-refractivity contribution in [1.82, 2.24) is 0 Å². The first-order valence-electron chi connectivity index (χ1n) is 9.38. The fourth-order valence-electron chi connectivity index (χ4n) is 6.47. The maximum absolute atomic E-state index is 12.2. The van der Waals surface area contributed by atoms with Crippen LogP contribution in [0.4, 0.5) is 0 Å². The zero-order valence-corrected chi connectivity index (χ0v) is 15.2. The average Bonchev–Trinajstić information content (AvgIpc) is 2.83. The number of aliphatic hydroxyl groups is 3. The van der Waals surface area contributed by atoms with Gasteiger partial charge in [-0.3, -0.25) is 4.79 Å². The number of carbonyl (C=O) groups excluding carboxylic acids is 1. The molecule has 0 spiro atoms. The Morgan fingerprint density at radius 1 is 1.16 bits per heavy atom. The van der Waals surface area contributed by atoms with Crippen LogP contribution in [0, 0.1) is 28.6 Å². The molecular formula is C21H28O4.